The lowest BCUT2D eigenvalue weighted by Crippen LogP contribution is -2.26. The Labute approximate surface area is 154 Å². The molecule has 0 N–H and O–H groups in total. The van der Waals surface area contributed by atoms with E-state index in [9.17, 15) is 8.42 Å². The van der Waals surface area contributed by atoms with Crippen molar-refractivity contribution in [1.82, 2.24) is 4.41 Å². The molecule has 1 atom stereocenters. The van der Waals surface area contributed by atoms with Gasteiger partial charge in [0.2, 0.25) is 10.0 Å². The molecule has 0 unspecified atom stereocenters. The zero-order valence-corrected chi connectivity index (χ0v) is 16.1. The number of methoxy groups -OCH3 is 2. The van der Waals surface area contributed by atoms with Gasteiger partial charge in [-0.05, 0) is 30.2 Å². The van der Waals surface area contributed by atoms with Gasteiger partial charge in [-0.25, -0.2) is 8.42 Å². The predicted molar refractivity (Wildman–Crippen MR) is 101 cm³/mol. The number of ether oxygens (including phenoxy) is 2. The lowest BCUT2D eigenvalue weighted by molar-refractivity contribution is 0.364. The average Bonchev–Trinajstić information content (AvgIpc) is 3.07. The van der Waals surface area contributed by atoms with Crippen LogP contribution in [0.25, 0.3) is 0 Å². The monoisotopic (exact) mass is 374 g/mol. The van der Waals surface area contributed by atoms with E-state index >= 15 is 0 Å². The molecule has 0 radical (unpaired) electrons. The number of rotatable bonds is 5. The molecule has 3 rings (SSSR count). The lowest BCUT2D eigenvalue weighted by Gasteiger charge is -2.22. The molecule has 0 saturated carbocycles. The van der Waals surface area contributed by atoms with Gasteiger partial charge in [-0.3, -0.25) is 0 Å². The maximum atomic E-state index is 12.3. The molecular weight excluding hydrogens is 352 g/mol. The summed E-state index contributed by atoms with van der Waals surface area (Å²) >= 11 is 0. The fourth-order valence-electron chi connectivity index (χ4n) is 3.12. The van der Waals surface area contributed by atoms with E-state index in [2.05, 4.69) is 5.10 Å². The third-order valence-electron chi connectivity index (χ3n) is 4.43. The second kappa shape index (κ2) is 6.99. The molecule has 0 aliphatic carbocycles. The number of hydrogen-bond donors (Lipinski definition) is 0. The molecule has 0 amide bonds. The summed E-state index contributed by atoms with van der Waals surface area (Å²) in [6, 6.07) is 12.8. The summed E-state index contributed by atoms with van der Waals surface area (Å²) < 4.78 is 36.5. The van der Waals surface area contributed by atoms with E-state index in [1.54, 1.807) is 20.3 Å². The Morgan fingerprint density at radius 1 is 1.08 bits per heavy atom. The summed E-state index contributed by atoms with van der Waals surface area (Å²) in [6.45, 7) is 1.99. The van der Waals surface area contributed by atoms with Crippen LogP contribution < -0.4 is 9.47 Å². The topological polar surface area (TPSA) is 68.2 Å². The molecule has 6 nitrogen and oxygen atoms in total. The highest BCUT2D eigenvalue weighted by Crippen LogP contribution is 2.38. The molecule has 26 heavy (non-hydrogen) atoms. The minimum Gasteiger partial charge on any atom is -0.497 e. The predicted octanol–water partition coefficient (Wildman–Crippen LogP) is 3.12. The van der Waals surface area contributed by atoms with E-state index < -0.39 is 16.1 Å². The van der Waals surface area contributed by atoms with Gasteiger partial charge in [-0.1, -0.05) is 24.3 Å². The molecule has 0 spiro atoms. The quantitative estimate of drug-likeness (QED) is 0.806. The lowest BCUT2D eigenvalue weighted by atomic mass is 9.96. The Morgan fingerprint density at radius 3 is 2.23 bits per heavy atom. The second-order valence-corrected chi connectivity index (χ2v) is 8.10. The normalized spacial score (nSPS) is 17.2. The molecule has 0 aromatic heterocycles. The second-order valence-electron chi connectivity index (χ2n) is 6.26. The largest absolute Gasteiger partial charge is 0.497 e. The van der Waals surface area contributed by atoms with Crippen molar-refractivity contribution in [1.29, 1.82) is 0 Å². The van der Waals surface area contributed by atoms with Gasteiger partial charge < -0.3 is 9.47 Å². The van der Waals surface area contributed by atoms with E-state index in [-0.39, 0.29) is 0 Å². The highest BCUT2D eigenvalue weighted by Gasteiger charge is 2.35. The van der Waals surface area contributed by atoms with Gasteiger partial charge in [0.05, 0.1) is 32.2 Å². The molecule has 2 aromatic carbocycles. The minimum atomic E-state index is -3.53. The third-order valence-corrected chi connectivity index (χ3v) is 5.44. The molecule has 0 saturated heterocycles. The van der Waals surface area contributed by atoms with Crippen molar-refractivity contribution < 1.29 is 17.9 Å². The van der Waals surface area contributed by atoms with Crippen LogP contribution in [0.5, 0.6) is 11.5 Å². The summed E-state index contributed by atoms with van der Waals surface area (Å²) in [7, 11) is -0.396. The van der Waals surface area contributed by atoms with Crippen LogP contribution in [0.3, 0.4) is 0 Å². The van der Waals surface area contributed by atoms with Crippen molar-refractivity contribution in [3.8, 4) is 11.5 Å². The van der Waals surface area contributed by atoms with Gasteiger partial charge >= 0.3 is 0 Å². The zero-order chi connectivity index (χ0) is 18.9. The van der Waals surface area contributed by atoms with Gasteiger partial charge in [0.1, 0.15) is 11.5 Å². The summed E-state index contributed by atoms with van der Waals surface area (Å²) in [6.07, 6.45) is 1.65. The van der Waals surface area contributed by atoms with E-state index in [1.165, 1.54) is 10.7 Å². The van der Waals surface area contributed by atoms with Crippen LogP contribution in [0.1, 0.15) is 29.2 Å². The van der Waals surface area contributed by atoms with Crippen molar-refractivity contribution in [2.24, 2.45) is 5.10 Å². The van der Waals surface area contributed by atoms with Crippen LogP contribution >= 0.6 is 0 Å². The minimum absolute atomic E-state index is 0.441. The Balaban J connectivity index is 2.07. The molecule has 0 bridgehead atoms. The molecule has 7 heteroatoms. The Hall–Kier alpha value is -2.54. The molecular formula is C19H22N2O4S. The average molecular weight is 374 g/mol. The first-order valence-corrected chi connectivity index (χ1v) is 10.0. The molecule has 138 valence electrons. The number of hydrogen-bond acceptors (Lipinski definition) is 5. The van der Waals surface area contributed by atoms with Crippen molar-refractivity contribution in [3.63, 3.8) is 0 Å². The third kappa shape index (κ3) is 3.53. The molecule has 1 heterocycles. The number of benzene rings is 2. The number of aryl methyl sites for hydroxylation is 1. The molecule has 0 fully saturated rings. The van der Waals surface area contributed by atoms with E-state index in [4.69, 9.17) is 9.47 Å². The van der Waals surface area contributed by atoms with Gasteiger partial charge in [-0.15, -0.1) is 0 Å². The Bertz CT molecular complexity index is 932. The first-order chi connectivity index (χ1) is 12.3. The summed E-state index contributed by atoms with van der Waals surface area (Å²) in [5.74, 6) is 1.22. The van der Waals surface area contributed by atoms with Crippen LogP contribution in [0.4, 0.5) is 0 Å². The summed E-state index contributed by atoms with van der Waals surface area (Å²) in [5.41, 5.74) is 3.54. The van der Waals surface area contributed by atoms with E-state index in [1.807, 2.05) is 43.3 Å². The maximum absolute atomic E-state index is 12.3. The van der Waals surface area contributed by atoms with Crippen molar-refractivity contribution in [2.75, 3.05) is 20.5 Å². The zero-order valence-electron chi connectivity index (χ0n) is 15.3. The van der Waals surface area contributed by atoms with Crippen molar-refractivity contribution >= 4 is 15.7 Å². The van der Waals surface area contributed by atoms with Crippen molar-refractivity contribution in [3.05, 3.63) is 59.2 Å². The van der Waals surface area contributed by atoms with Gasteiger partial charge in [0, 0.05) is 18.1 Å². The van der Waals surface area contributed by atoms with Gasteiger partial charge in [-0.2, -0.15) is 9.52 Å². The fourth-order valence-corrected chi connectivity index (χ4v) is 4.03. The van der Waals surface area contributed by atoms with Crippen LogP contribution in [-0.4, -0.2) is 39.0 Å². The van der Waals surface area contributed by atoms with Crippen LogP contribution in [0.15, 0.2) is 47.6 Å². The smallest absolute Gasteiger partial charge is 0.247 e. The molecule has 1 aliphatic rings. The number of nitrogens with zero attached hydrogens (tertiary/aromatic N) is 2. The Morgan fingerprint density at radius 2 is 1.69 bits per heavy atom. The maximum Gasteiger partial charge on any atom is 0.247 e. The fraction of sp³-hybridized carbons (Fsp3) is 0.316. The van der Waals surface area contributed by atoms with Crippen LogP contribution in [0.2, 0.25) is 0 Å². The SMILES string of the molecule is COc1cc(OC)cc([C@@H]2CC(c3ccccc3C)=NN2S(C)(=O)=O)c1. The first-order valence-electron chi connectivity index (χ1n) is 8.19. The molecule has 2 aromatic rings. The van der Waals surface area contributed by atoms with Crippen molar-refractivity contribution in [2.45, 2.75) is 19.4 Å². The highest BCUT2D eigenvalue weighted by atomic mass is 32.2. The van der Waals surface area contributed by atoms with Crippen LogP contribution in [-0.2, 0) is 10.0 Å². The highest BCUT2D eigenvalue weighted by molar-refractivity contribution is 7.88. The molecule has 1 aliphatic heterocycles. The van der Waals surface area contributed by atoms with E-state index in [0.29, 0.717) is 17.9 Å². The van der Waals surface area contributed by atoms with Gasteiger partial charge in [0.15, 0.2) is 0 Å². The number of sulfonamides is 1. The summed E-state index contributed by atoms with van der Waals surface area (Å²) in [4.78, 5) is 0. The van der Waals surface area contributed by atoms with Crippen LogP contribution in [0, 0.1) is 6.92 Å². The summed E-state index contributed by atoms with van der Waals surface area (Å²) in [5, 5.41) is 4.44. The van der Waals surface area contributed by atoms with E-state index in [0.717, 1.165) is 22.4 Å². The number of hydrazone groups is 1. The Kier molecular flexibility index (Phi) is 4.91. The standard InChI is InChI=1S/C19H22N2O4S/c1-13-7-5-6-8-17(13)18-12-19(21(20-18)26(4,22)23)14-9-15(24-2)11-16(10-14)25-3/h5-11,19H,12H2,1-4H3/t19-/m0/s1. The van der Waals surface area contributed by atoms with Gasteiger partial charge in [0.25, 0.3) is 0 Å². The first kappa shape index (κ1) is 18.3.